The van der Waals surface area contributed by atoms with Crippen LogP contribution in [0.5, 0.6) is 0 Å². The van der Waals surface area contributed by atoms with E-state index in [1.807, 2.05) is 24.3 Å². The third kappa shape index (κ3) is 4.44. The van der Waals surface area contributed by atoms with Gasteiger partial charge in [-0.2, -0.15) is 0 Å². The Bertz CT molecular complexity index is 746. The first-order valence-corrected chi connectivity index (χ1v) is 8.60. The van der Waals surface area contributed by atoms with E-state index in [1.165, 1.54) is 11.1 Å². The Morgan fingerprint density at radius 3 is 2.80 bits per heavy atom. The highest BCUT2D eigenvalue weighted by Gasteiger charge is 2.26. The van der Waals surface area contributed by atoms with Crippen LogP contribution in [0.2, 0.25) is 0 Å². The van der Waals surface area contributed by atoms with Gasteiger partial charge in [0.15, 0.2) is 0 Å². The second-order valence-electron chi connectivity index (χ2n) is 6.46. The lowest BCUT2D eigenvalue weighted by Crippen LogP contribution is -2.33. The molecule has 3 rings (SSSR count). The SMILES string of the molecule is O=C(O)CCN(Cc1cccnc1)C(=O)CC1CCc2ccccc21. The normalized spacial score (nSPS) is 15.6. The van der Waals surface area contributed by atoms with Crippen molar-refractivity contribution in [1.29, 1.82) is 0 Å². The van der Waals surface area contributed by atoms with E-state index in [4.69, 9.17) is 5.11 Å². The molecule has 0 spiro atoms. The van der Waals surface area contributed by atoms with E-state index in [0.717, 1.165) is 18.4 Å². The molecule has 0 aliphatic heterocycles. The third-order valence-corrected chi connectivity index (χ3v) is 4.72. The number of aliphatic carboxylic acids is 1. The van der Waals surface area contributed by atoms with Crippen molar-refractivity contribution in [2.24, 2.45) is 0 Å². The Hall–Kier alpha value is -2.69. The predicted molar refractivity (Wildman–Crippen MR) is 94.0 cm³/mol. The second kappa shape index (κ2) is 7.92. The van der Waals surface area contributed by atoms with E-state index in [2.05, 4.69) is 17.1 Å². The second-order valence-corrected chi connectivity index (χ2v) is 6.46. The van der Waals surface area contributed by atoms with Crippen molar-refractivity contribution in [3.05, 3.63) is 65.5 Å². The Morgan fingerprint density at radius 2 is 2.04 bits per heavy atom. The van der Waals surface area contributed by atoms with E-state index >= 15 is 0 Å². The molecular formula is C20H22N2O3. The molecule has 1 aromatic carbocycles. The van der Waals surface area contributed by atoms with Crippen LogP contribution >= 0.6 is 0 Å². The molecule has 2 aromatic rings. The molecule has 1 atom stereocenters. The molecule has 130 valence electrons. The fraction of sp³-hybridized carbons (Fsp3) is 0.350. The van der Waals surface area contributed by atoms with Gasteiger partial charge < -0.3 is 10.0 Å². The van der Waals surface area contributed by atoms with Gasteiger partial charge in [-0.25, -0.2) is 0 Å². The van der Waals surface area contributed by atoms with Gasteiger partial charge in [-0.3, -0.25) is 14.6 Å². The molecule has 1 aliphatic rings. The van der Waals surface area contributed by atoms with E-state index in [9.17, 15) is 9.59 Å². The summed E-state index contributed by atoms with van der Waals surface area (Å²) in [7, 11) is 0. The number of hydrogen-bond donors (Lipinski definition) is 1. The minimum Gasteiger partial charge on any atom is -0.481 e. The van der Waals surface area contributed by atoms with Gasteiger partial charge in [-0.1, -0.05) is 30.3 Å². The Kier molecular flexibility index (Phi) is 5.43. The van der Waals surface area contributed by atoms with Gasteiger partial charge in [0.05, 0.1) is 6.42 Å². The van der Waals surface area contributed by atoms with Crippen molar-refractivity contribution in [1.82, 2.24) is 9.88 Å². The van der Waals surface area contributed by atoms with Crippen LogP contribution in [0.4, 0.5) is 0 Å². The number of fused-ring (bicyclic) bond motifs is 1. The van der Waals surface area contributed by atoms with Crippen LogP contribution in [-0.2, 0) is 22.6 Å². The van der Waals surface area contributed by atoms with E-state index in [-0.39, 0.29) is 24.8 Å². The number of carboxylic acid groups (broad SMARTS) is 1. The van der Waals surface area contributed by atoms with Gasteiger partial charge in [-0.15, -0.1) is 0 Å². The van der Waals surface area contributed by atoms with Crippen LogP contribution in [0, 0.1) is 0 Å². The zero-order valence-corrected chi connectivity index (χ0v) is 14.1. The van der Waals surface area contributed by atoms with Crippen molar-refractivity contribution in [3.63, 3.8) is 0 Å². The van der Waals surface area contributed by atoms with E-state index < -0.39 is 5.97 Å². The van der Waals surface area contributed by atoms with Gasteiger partial charge in [0.2, 0.25) is 5.91 Å². The maximum atomic E-state index is 12.8. The molecule has 1 amide bonds. The van der Waals surface area contributed by atoms with Crippen LogP contribution in [0.1, 0.15) is 41.9 Å². The van der Waals surface area contributed by atoms with Gasteiger partial charge in [0, 0.05) is 31.9 Å². The summed E-state index contributed by atoms with van der Waals surface area (Å²) < 4.78 is 0. The Balaban J connectivity index is 1.69. The van der Waals surface area contributed by atoms with Gasteiger partial charge in [0.1, 0.15) is 0 Å². The third-order valence-electron chi connectivity index (χ3n) is 4.72. The Labute approximate surface area is 147 Å². The number of rotatable bonds is 7. The quantitative estimate of drug-likeness (QED) is 0.842. The summed E-state index contributed by atoms with van der Waals surface area (Å²) >= 11 is 0. The standard InChI is InChI=1S/C20H22N2O3/c23-19(12-17-8-7-16-5-1-2-6-18(16)17)22(11-9-20(24)25)14-15-4-3-10-21-13-15/h1-6,10,13,17H,7-9,11-12,14H2,(H,24,25). The minimum atomic E-state index is -0.893. The van der Waals surface area contributed by atoms with Crippen LogP contribution in [-0.4, -0.2) is 33.4 Å². The average Bonchev–Trinajstić information content (AvgIpc) is 3.02. The van der Waals surface area contributed by atoms with Crippen LogP contribution < -0.4 is 0 Å². The summed E-state index contributed by atoms with van der Waals surface area (Å²) in [6, 6.07) is 12.0. The maximum Gasteiger partial charge on any atom is 0.305 e. The van der Waals surface area contributed by atoms with Gasteiger partial charge in [-0.05, 0) is 41.5 Å². The molecule has 0 saturated carbocycles. The summed E-state index contributed by atoms with van der Waals surface area (Å²) in [5.41, 5.74) is 3.49. The molecule has 1 aromatic heterocycles. The lowest BCUT2D eigenvalue weighted by Gasteiger charge is -2.24. The number of aromatic nitrogens is 1. The molecule has 5 nitrogen and oxygen atoms in total. The molecule has 1 N–H and O–H groups in total. The van der Waals surface area contributed by atoms with Crippen molar-refractivity contribution in [2.45, 2.75) is 38.1 Å². The molecule has 5 heteroatoms. The average molecular weight is 338 g/mol. The van der Waals surface area contributed by atoms with E-state index in [1.54, 1.807) is 17.3 Å². The van der Waals surface area contributed by atoms with E-state index in [0.29, 0.717) is 13.0 Å². The molecule has 25 heavy (non-hydrogen) atoms. The lowest BCUT2D eigenvalue weighted by atomic mass is 9.97. The Morgan fingerprint density at radius 1 is 1.20 bits per heavy atom. The zero-order chi connectivity index (χ0) is 17.6. The number of aryl methyl sites for hydroxylation is 1. The maximum absolute atomic E-state index is 12.8. The van der Waals surface area contributed by atoms with Crippen LogP contribution in [0.25, 0.3) is 0 Å². The fourth-order valence-corrected chi connectivity index (χ4v) is 3.43. The number of nitrogens with zero attached hydrogens (tertiary/aromatic N) is 2. The highest BCUT2D eigenvalue weighted by Crippen LogP contribution is 2.35. The molecule has 0 radical (unpaired) electrons. The van der Waals surface area contributed by atoms with Crippen LogP contribution in [0.15, 0.2) is 48.8 Å². The minimum absolute atomic E-state index is 0.00630. The highest BCUT2D eigenvalue weighted by atomic mass is 16.4. The molecule has 1 heterocycles. The summed E-state index contributed by atoms with van der Waals surface area (Å²) in [6.45, 7) is 0.617. The monoisotopic (exact) mass is 338 g/mol. The number of pyridine rings is 1. The van der Waals surface area contributed by atoms with Crippen LogP contribution in [0.3, 0.4) is 0 Å². The largest absolute Gasteiger partial charge is 0.481 e. The number of amides is 1. The van der Waals surface area contributed by atoms with Gasteiger partial charge in [0.25, 0.3) is 0 Å². The lowest BCUT2D eigenvalue weighted by molar-refractivity contribution is -0.138. The summed E-state index contributed by atoms with van der Waals surface area (Å²) in [6.07, 6.45) is 5.76. The first-order chi connectivity index (χ1) is 12.1. The number of hydrogen-bond acceptors (Lipinski definition) is 3. The molecular weight excluding hydrogens is 316 g/mol. The summed E-state index contributed by atoms with van der Waals surface area (Å²) in [5, 5.41) is 8.97. The molecule has 1 aliphatic carbocycles. The van der Waals surface area contributed by atoms with Gasteiger partial charge >= 0.3 is 5.97 Å². The number of benzene rings is 1. The topological polar surface area (TPSA) is 70.5 Å². The van der Waals surface area contributed by atoms with Crippen molar-refractivity contribution < 1.29 is 14.7 Å². The molecule has 0 saturated heterocycles. The van der Waals surface area contributed by atoms with Crippen molar-refractivity contribution in [3.8, 4) is 0 Å². The number of carbonyl (C=O) groups is 2. The predicted octanol–water partition coefficient (Wildman–Crippen LogP) is 3.01. The molecule has 0 fully saturated rings. The first-order valence-electron chi connectivity index (χ1n) is 8.60. The number of carboxylic acids is 1. The van der Waals surface area contributed by atoms with Crippen molar-refractivity contribution >= 4 is 11.9 Å². The van der Waals surface area contributed by atoms with Crippen molar-refractivity contribution in [2.75, 3.05) is 6.54 Å². The molecule has 0 bridgehead atoms. The fourth-order valence-electron chi connectivity index (χ4n) is 3.43. The smallest absolute Gasteiger partial charge is 0.305 e. The molecule has 1 unspecified atom stereocenters. The summed E-state index contributed by atoms with van der Waals surface area (Å²) in [4.78, 5) is 29.5. The highest BCUT2D eigenvalue weighted by molar-refractivity contribution is 5.78. The number of carbonyl (C=O) groups excluding carboxylic acids is 1. The summed E-state index contributed by atoms with van der Waals surface area (Å²) in [5.74, 6) is -0.660. The zero-order valence-electron chi connectivity index (χ0n) is 14.1. The first kappa shape index (κ1) is 17.1.